The Balaban J connectivity index is 1.12. The van der Waals surface area contributed by atoms with Gasteiger partial charge in [0.15, 0.2) is 0 Å². The molecule has 43 heavy (non-hydrogen) atoms. The molecule has 6 nitrogen and oxygen atoms in total. The summed E-state index contributed by atoms with van der Waals surface area (Å²) < 4.78 is 17.7. The lowest BCUT2D eigenvalue weighted by molar-refractivity contribution is -0.139. The van der Waals surface area contributed by atoms with Gasteiger partial charge in [0, 0.05) is 5.57 Å². The first kappa shape index (κ1) is 36.5. The van der Waals surface area contributed by atoms with E-state index in [1.54, 1.807) is 0 Å². The van der Waals surface area contributed by atoms with Crippen molar-refractivity contribution in [3.8, 4) is 0 Å². The average molecular weight is 607 g/mol. The van der Waals surface area contributed by atoms with Crippen molar-refractivity contribution in [3.05, 3.63) is 11.6 Å². The lowest BCUT2D eigenvalue weighted by Gasteiger charge is -2.24. The van der Waals surface area contributed by atoms with Gasteiger partial charge < -0.3 is 24.4 Å². The van der Waals surface area contributed by atoms with Crippen molar-refractivity contribution in [2.45, 2.75) is 217 Å². The second kappa shape index (κ2) is 21.7. The Morgan fingerprint density at radius 1 is 0.651 bits per heavy atom. The summed E-state index contributed by atoms with van der Waals surface area (Å²) in [7, 11) is 0. The van der Waals surface area contributed by atoms with E-state index < -0.39 is 0 Å². The number of ether oxygens (including phenoxy) is 3. The van der Waals surface area contributed by atoms with Crippen molar-refractivity contribution in [1.29, 1.82) is 0 Å². The van der Waals surface area contributed by atoms with Gasteiger partial charge in [-0.1, -0.05) is 116 Å². The number of rotatable bonds is 25. The third-order valence-corrected chi connectivity index (χ3v) is 9.98. The van der Waals surface area contributed by atoms with Crippen LogP contribution in [0.3, 0.4) is 0 Å². The van der Waals surface area contributed by atoms with Gasteiger partial charge in [0.2, 0.25) is 0 Å². The minimum absolute atomic E-state index is 0.0466. The molecule has 7 atom stereocenters. The van der Waals surface area contributed by atoms with Crippen LogP contribution in [0.15, 0.2) is 11.6 Å². The van der Waals surface area contributed by atoms with Crippen LogP contribution >= 0.6 is 0 Å². The largest absolute Gasteiger partial charge is 0.455 e. The molecule has 0 bridgehead atoms. The van der Waals surface area contributed by atoms with E-state index >= 15 is 0 Å². The molecule has 2 N–H and O–H groups in total. The second-order valence-electron chi connectivity index (χ2n) is 13.9. The molecule has 0 radical (unpaired) electrons. The number of aliphatic hydroxyl groups is 2. The predicted molar refractivity (Wildman–Crippen MR) is 174 cm³/mol. The fourth-order valence-corrected chi connectivity index (χ4v) is 7.25. The topological polar surface area (TPSA) is 85.2 Å². The number of carbonyl (C=O) groups is 1. The molecule has 0 aromatic rings. The Kier molecular flexibility index (Phi) is 18.5. The zero-order chi connectivity index (χ0) is 30.7. The number of carbonyl (C=O) groups excluding carboxylic acids is 1. The predicted octanol–water partition coefficient (Wildman–Crippen LogP) is 8.89. The van der Waals surface area contributed by atoms with E-state index in [9.17, 15) is 15.0 Å². The van der Waals surface area contributed by atoms with Gasteiger partial charge in [0.1, 0.15) is 6.10 Å². The highest BCUT2D eigenvalue weighted by molar-refractivity contribution is 5.90. The minimum atomic E-state index is -0.375. The lowest BCUT2D eigenvalue weighted by atomic mass is 10.0. The van der Waals surface area contributed by atoms with Crippen molar-refractivity contribution in [2.24, 2.45) is 0 Å². The number of hydrogen-bond acceptors (Lipinski definition) is 6. The molecule has 3 heterocycles. The van der Waals surface area contributed by atoms with Crippen LogP contribution in [0.5, 0.6) is 0 Å². The Morgan fingerprint density at radius 2 is 1.07 bits per heavy atom. The van der Waals surface area contributed by atoms with Crippen molar-refractivity contribution >= 4 is 5.97 Å². The smallest absolute Gasteiger partial charge is 0.334 e. The van der Waals surface area contributed by atoms with Crippen molar-refractivity contribution in [1.82, 2.24) is 0 Å². The molecule has 0 aromatic heterocycles. The first-order chi connectivity index (χ1) is 21.0. The minimum Gasteiger partial charge on any atom is -0.455 e. The quantitative estimate of drug-likeness (QED) is 0.0797. The summed E-state index contributed by atoms with van der Waals surface area (Å²) in [6.07, 6.45) is 29.9. The van der Waals surface area contributed by atoms with E-state index in [1.165, 1.54) is 96.3 Å². The highest BCUT2D eigenvalue weighted by Crippen LogP contribution is 2.34. The van der Waals surface area contributed by atoms with E-state index in [2.05, 4.69) is 6.92 Å². The highest BCUT2D eigenvalue weighted by Gasteiger charge is 2.40. The summed E-state index contributed by atoms with van der Waals surface area (Å²) >= 11 is 0. The molecule has 250 valence electrons. The van der Waals surface area contributed by atoms with E-state index in [4.69, 9.17) is 14.2 Å². The van der Waals surface area contributed by atoms with E-state index in [0.29, 0.717) is 0 Å². The second-order valence-corrected chi connectivity index (χ2v) is 13.9. The van der Waals surface area contributed by atoms with Crippen LogP contribution < -0.4 is 0 Å². The van der Waals surface area contributed by atoms with Crippen LogP contribution in [0.4, 0.5) is 0 Å². The number of esters is 1. The molecule has 3 aliphatic heterocycles. The summed E-state index contributed by atoms with van der Waals surface area (Å²) in [4.78, 5) is 11.6. The maximum absolute atomic E-state index is 11.6. The van der Waals surface area contributed by atoms with Crippen LogP contribution in [-0.2, 0) is 19.0 Å². The first-order valence-corrected chi connectivity index (χ1v) is 18.6. The molecular formula is C37H66O6. The number of unbranched alkanes of at least 4 members (excludes halogenated alkanes) is 16. The fourth-order valence-electron chi connectivity index (χ4n) is 7.25. The van der Waals surface area contributed by atoms with Crippen LogP contribution in [-0.4, -0.2) is 58.9 Å². The van der Waals surface area contributed by atoms with Gasteiger partial charge in [-0.25, -0.2) is 4.79 Å². The van der Waals surface area contributed by atoms with Gasteiger partial charge in [0.25, 0.3) is 0 Å². The Morgan fingerprint density at radius 3 is 1.49 bits per heavy atom. The Bertz CT molecular complexity index is 768. The van der Waals surface area contributed by atoms with Crippen molar-refractivity contribution in [2.75, 3.05) is 0 Å². The molecule has 0 amide bonds. The van der Waals surface area contributed by atoms with E-state index in [-0.39, 0.29) is 48.7 Å². The molecule has 0 spiro atoms. The van der Waals surface area contributed by atoms with Gasteiger partial charge in [0.05, 0.1) is 36.6 Å². The number of aliphatic hydroxyl groups excluding tert-OH is 2. The molecule has 3 aliphatic rings. The number of hydrogen-bond donors (Lipinski definition) is 2. The summed E-state index contributed by atoms with van der Waals surface area (Å²) in [5.41, 5.74) is 0.869. The zero-order valence-electron chi connectivity index (χ0n) is 27.8. The third-order valence-electron chi connectivity index (χ3n) is 9.98. The van der Waals surface area contributed by atoms with Gasteiger partial charge in [-0.05, 0) is 64.4 Å². The molecular weight excluding hydrogens is 540 g/mol. The summed E-state index contributed by atoms with van der Waals surface area (Å²) in [5.74, 6) is -0.118. The molecule has 3 rings (SSSR count). The van der Waals surface area contributed by atoms with Gasteiger partial charge in [-0.2, -0.15) is 0 Å². The average Bonchev–Trinajstić information content (AvgIpc) is 3.75. The SMILES string of the molecule is CCCCCCCCCC[C@@H](O)[C@H]1CC[C@H]([C@H]2CC[C@H]([C@H](O)CCCCCCCCCCCCC3=C[C@@H](C)OC3=O)O2)O1. The Labute approximate surface area is 263 Å². The molecule has 2 fully saturated rings. The Hall–Kier alpha value is -0.950. The number of cyclic esters (lactones) is 1. The molecule has 0 saturated carbocycles. The first-order valence-electron chi connectivity index (χ1n) is 18.6. The van der Waals surface area contributed by atoms with Crippen LogP contribution in [0, 0.1) is 0 Å². The highest BCUT2D eigenvalue weighted by atomic mass is 16.6. The summed E-state index contributed by atoms with van der Waals surface area (Å²) in [6.45, 7) is 4.17. The zero-order valence-corrected chi connectivity index (χ0v) is 27.8. The third kappa shape index (κ3) is 14.3. The molecule has 0 aliphatic carbocycles. The van der Waals surface area contributed by atoms with Crippen molar-refractivity contribution in [3.63, 3.8) is 0 Å². The molecule has 0 aromatic carbocycles. The van der Waals surface area contributed by atoms with E-state index in [0.717, 1.165) is 69.8 Å². The maximum atomic E-state index is 11.6. The van der Waals surface area contributed by atoms with Gasteiger partial charge >= 0.3 is 5.97 Å². The summed E-state index contributed by atoms with van der Waals surface area (Å²) in [6, 6.07) is 0. The molecule has 0 unspecified atom stereocenters. The van der Waals surface area contributed by atoms with Gasteiger partial charge in [-0.3, -0.25) is 0 Å². The summed E-state index contributed by atoms with van der Waals surface area (Å²) in [5, 5.41) is 21.4. The fraction of sp³-hybridized carbons (Fsp3) is 0.919. The maximum Gasteiger partial charge on any atom is 0.334 e. The molecule has 6 heteroatoms. The monoisotopic (exact) mass is 606 g/mol. The van der Waals surface area contributed by atoms with E-state index in [1.807, 2.05) is 13.0 Å². The van der Waals surface area contributed by atoms with Gasteiger partial charge in [-0.15, -0.1) is 0 Å². The van der Waals surface area contributed by atoms with Crippen molar-refractivity contribution < 1.29 is 29.2 Å². The lowest BCUT2D eigenvalue weighted by Crippen LogP contribution is -2.33. The standard InChI is InChI=1S/C37H66O6/c1-3-4-5-6-7-13-16-19-22-31(38)33-24-26-35(42-33)36-27-25-34(43-36)32(39)23-20-17-14-11-9-8-10-12-15-18-21-30-28-29(2)41-37(30)40/h28-29,31-36,38-39H,3-27H2,1-2H3/t29-,31-,32-,33-,34-,35-,36-/m1/s1. The van der Waals surface area contributed by atoms with Crippen LogP contribution in [0.1, 0.15) is 174 Å². The van der Waals surface area contributed by atoms with Crippen LogP contribution in [0.25, 0.3) is 0 Å². The normalized spacial score (nSPS) is 27.0. The molecule has 2 saturated heterocycles. The van der Waals surface area contributed by atoms with Crippen LogP contribution in [0.2, 0.25) is 0 Å².